The molecule has 2 atom stereocenters. The van der Waals surface area contributed by atoms with Crippen LogP contribution in [0.25, 0.3) is 0 Å². The molecular weight excluding hydrogens is 462 g/mol. The quantitative estimate of drug-likeness (QED) is 0.155. The van der Waals surface area contributed by atoms with Crippen molar-refractivity contribution in [2.75, 3.05) is 18.3 Å². The molecule has 1 aliphatic rings. The smallest absolute Gasteiger partial charge is 0.331 e. The molecule has 3 amide bonds. The summed E-state index contributed by atoms with van der Waals surface area (Å²) in [6.45, 7) is 0.0757. The molecule has 3 rings (SSSR count). The lowest BCUT2D eigenvalue weighted by Crippen LogP contribution is -2.72. The molecule has 13 heteroatoms. The van der Waals surface area contributed by atoms with Crippen LogP contribution in [0.15, 0.2) is 40.9 Å². The van der Waals surface area contributed by atoms with E-state index in [2.05, 4.69) is 30.8 Å². The number of halogens is 1. The number of nitrogens with zero attached hydrogens (tertiary/aromatic N) is 2. The number of alkyl halides is 1. The summed E-state index contributed by atoms with van der Waals surface area (Å²) in [5.74, 6) is -2.78. The third-order valence-corrected chi connectivity index (χ3v) is 5.22. The fourth-order valence-electron chi connectivity index (χ4n) is 2.60. The van der Waals surface area contributed by atoms with Crippen LogP contribution in [0.5, 0.6) is 0 Å². The summed E-state index contributed by atoms with van der Waals surface area (Å²) in [5, 5.41) is 12.8. The fourth-order valence-corrected chi connectivity index (χ4v) is 3.38. The number of benzene rings is 1. The van der Waals surface area contributed by atoms with E-state index in [1.54, 1.807) is 0 Å². The zero-order chi connectivity index (χ0) is 23.1. The minimum Gasteiger partial charge on any atom is -0.467 e. The predicted molar refractivity (Wildman–Crippen MR) is 115 cm³/mol. The molecule has 0 radical (unpaired) electrons. The summed E-state index contributed by atoms with van der Waals surface area (Å²) < 4.78 is 4.60. The van der Waals surface area contributed by atoms with Gasteiger partial charge in [0.15, 0.2) is 16.9 Å². The maximum absolute atomic E-state index is 12.9. The molecule has 1 fully saturated rings. The van der Waals surface area contributed by atoms with Crippen LogP contribution in [0.2, 0.25) is 0 Å². The van der Waals surface area contributed by atoms with Gasteiger partial charge in [0.1, 0.15) is 24.2 Å². The molecule has 1 aliphatic heterocycles. The van der Waals surface area contributed by atoms with Gasteiger partial charge in [-0.05, 0) is 5.56 Å². The Bertz CT molecular complexity index is 1040. The van der Waals surface area contributed by atoms with E-state index < -0.39 is 35.8 Å². The molecule has 3 N–H and O–H groups in total. The van der Waals surface area contributed by atoms with Gasteiger partial charge in [0, 0.05) is 5.38 Å². The van der Waals surface area contributed by atoms with Gasteiger partial charge in [-0.2, -0.15) is 0 Å². The summed E-state index contributed by atoms with van der Waals surface area (Å²) in [7, 11) is 1.17. The zero-order valence-corrected chi connectivity index (χ0v) is 18.2. The third-order valence-electron chi connectivity index (χ3n) is 4.21. The van der Waals surface area contributed by atoms with Crippen molar-refractivity contribution >= 4 is 57.5 Å². The first-order valence-corrected chi connectivity index (χ1v) is 10.6. The highest BCUT2D eigenvalue weighted by molar-refractivity contribution is 7.14. The largest absolute Gasteiger partial charge is 0.467 e. The molecular formula is C19H18ClN5O6S. The summed E-state index contributed by atoms with van der Waals surface area (Å²) in [5.41, 5.74) is 0.667. The van der Waals surface area contributed by atoms with Crippen molar-refractivity contribution in [2.45, 2.75) is 18.7 Å². The van der Waals surface area contributed by atoms with Crippen molar-refractivity contribution in [2.24, 2.45) is 5.16 Å². The lowest BCUT2D eigenvalue weighted by atomic mass is 9.99. The second-order valence-corrected chi connectivity index (χ2v) is 7.50. The van der Waals surface area contributed by atoms with Gasteiger partial charge in [0.25, 0.3) is 5.91 Å². The number of carbonyl (C=O) groups is 4. The molecule has 2 unspecified atom stereocenters. The summed E-state index contributed by atoms with van der Waals surface area (Å²) in [6, 6.07) is 6.98. The Morgan fingerprint density at radius 3 is 2.69 bits per heavy atom. The minimum absolute atomic E-state index is 0.0757. The van der Waals surface area contributed by atoms with Gasteiger partial charge < -0.3 is 25.5 Å². The van der Waals surface area contributed by atoms with Crippen LogP contribution in [0.1, 0.15) is 11.3 Å². The Morgan fingerprint density at radius 1 is 1.28 bits per heavy atom. The molecule has 0 saturated carbocycles. The highest BCUT2D eigenvalue weighted by atomic mass is 35.5. The second kappa shape index (κ2) is 10.7. The normalized spacial score (nSPS) is 17.6. The number of rotatable bonds is 9. The van der Waals surface area contributed by atoms with E-state index in [1.807, 2.05) is 30.3 Å². The number of methoxy groups -OCH3 is 1. The number of β-lactam (4-membered cyclic amide) rings is 1. The molecule has 2 aromatic rings. The van der Waals surface area contributed by atoms with Crippen molar-refractivity contribution < 1.29 is 28.8 Å². The summed E-state index contributed by atoms with van der Waals surface area (Å²) >= 11 is 6.52. The molecule has 32 heavy (non-hydrogen) atoms. The highest BCUT2D eigenvalue weighted by Crippen LogP contribution is 2.17. The fraction of sp³-hybridized carbons (Fsp3) is 0.263. The van der Waals surface area contributed by atoms with Crippen LogP contribution >= 0.6 is 22.9 Å². The zero-order valence-electron chi connectivity index (χ0n) is 16.7. The molecule has 2 heterocycles. The Morgan fingerprint density at radius 2 is 2.03 bits per heavy atom. The van der Waals surface area contributed by atoms with E-state index >= 15 is 0 Å². The Balaban J connectivity index is 1.78. The van der Waals surface area contributed by atoms with Crippen LogP contribution in [0.3, 0.4) is 0 Å². The Kier molecular flexibility index (Phi) is 7.73. The number of anilines is 1. The average molecular weight is 480 g/mol. The van der Waals surface area contributed by atoms with Crippen LogP contribution < -0.4 is 16.0 Å². The number of hydrogen-bond acceptors (Lipinski definition) is 9. The molecule has 168 valence electrons. The number of carbonyl (C=O) groups excluding carboxylic acids is 4. The Labute approximate surface area is 191 Å². The number of hydrogen-bond donors (Lipinski definition) is 3. The standard InChI is InChI=1S/C19H18ClN5O6S/c1-30-18(29)15-14(17(28)24-15)23-16(27)13(25-31-8-10-5-3-2-4-6-10)11-9-32-19(21-11)22-12(26)7-20/h2-6,9,14-15H,7-8H2,1H3,(H,23,27)(H,24,28)(H,21,22,26). The van der Waals surface area contributed by atoms with Gasteiger partial charge in [-0.1, -0.05) is 35.5 Å². The van der Waals surface area contributed by atoms with E-state index in [0.29, 0.717) is 0 Å². The van der Waals surface area contributed by atoms with E-state index in [1.165, 1.54) is 12.5 Å². The highest BCUT2D eigenvalue weighted by Gasteiger charge is 2.46. The maximum atomic E-state index is 12.9. The van der Waals surface area contributed by atoms with Crippen LogP contribution in [0, 0.1) is 0 Å². The predicted octanol–water partition coefficient (Wildman–Crippen LogP) is 0.398. The average Bonchev–Trinajstić information content (AvgIpc) is 3.26. The number of ether oxygens (including phenoxy) is 1. The van der Waals surface area contributed by atoms with Crippen molar-refractivity contribution in [3.63, 3.8) is 0 Å². The topological polar surface area (TPSA) is 148 Å². The van der Waals surface area contributed by atoms with Gasteiger partial charge in [-0.25, -0.2) is 9.78 Å². The minimum atomic E-state index is -1.14. The van der Waals surface area contributed by atoms with E-state index in [0.717, 1.165) is 16.9 Å². The first-order valence-electron chi connectivity index (χ1n) is 9.17. The summed E-state index contributed by atoms with van der Waals surface area (Å²) in [6.07, 6.45) is 0. The van der Waals surface area contributed by atoms with Gasteiger partial charge >= 0.3 is 5.97 Å². The molecule has 0 spiro atoms. The summed E-state index contributed by atoms with van der Waals surface area (Å²) in [4.78, 5) is 57.4. The molecule has 1 aromatic heterocycles. The van der Waals surface area contributed by atoms with Crippen molar-refractivity contribution in [1.82, 2.24) is 15.6 Å². The molecule has 1 aromatic carbocycles. The Hall–Kier alpha value is -3.51. The molecule has 0 bridgehead atoms. The number of esters is 1. The first kappa shape index (κ1) is 23.2. The van der Waals surface area contributed by atoms with Gasteiger partial charge in [-0.15, -0.1) is 22.9 Å². The van der Waals surface area contributed by atoms with Crippen LogP contribution in [-0.4, -0.2) is 59.5 Å². The first-order chi connectivity index (χ1) is 15.4. The number of nitrogens with one attached hydrogen (secondary N) is 3. The molecule has 1 saturated heterocycles. The van der Waals surface area contributed by atoms with Crippen molar-refractivity contribution in [3.8, 4) is 0 Å². The number of oxime groups is 1. The van der Waals surface area contributed by atoms with E-state index in [-0.39, 0.29) is 29.0 Å². The number of amides is 3. The monoisotopic (exact) mass is 479 g/mol. The lowest BCUT2D eigenvalue weighted by Gasteiger charge is -2.34. The second-order valence-electron chi connectivity index (χ2n) is 6.38. The van der Waals surface area contributed by atoms with Crippen molar-refractivity contribution in [3.05, 3.63) is 47.0 Å². The number of aromatic nitrogens is 1. The SMILES string of the molecule is COC(=O)C1NC(=O)C1NC(=O)C(=NOCc1ccccc1)c1csc(NC(=O)CCl)n1. The van der Waals surface area contributed by atoms with Gasteiger partial charge in [0.05, 0.1) is 7.11 Å². The van der Waals surface area contributed by atoms with Gasteiger partial charge in [-0.3, -0.25) is 14.4 Å². The molecule has 11 nitrogen and oxygen atoms in total. The van der Waals surface area contributed by atoms with E-state index in [4.69, 9.17) is 16.4 Å². The maximum Gasteiger partial charge on any atom is 0.331 e. The number of thiazole rings is 1. The van der Waals surface area contributed by atoms with Gasteiger partial charge in [0.2, 0.25) is 11.8 Å². The van der Waals surface area contributed by atoms with Crippen LogP contribution in [-0.2, 0) is 35.4 Å². The van der Waals surface area contributed by atoms with Crippen LogP contribution in [0.4, 0.5) is 5.13 Å². The lowest BCUT2D eigenvalue weighted by molar-refractivity contribution is -0.153. The third kappa shape index (κ3) is 5.59. The van der Waals surface area contributed by atoms with Crippen molar-refractivity contribution in [1.29, 1.82) is 0 Å². The molecule has 0 aliphatic carbocycles. The van der Waals surface area contributed by atoms with E-state index in [9.17, 15) is 19.2 Å².